The molecule has 0 saturated heterocycles. The fourth-order valence-corrected chi connectivity index (χ4v) is 9.55. The lowest BCUT2D eigenvalue weighted by atomic mass is 9.80. The molecule has 58 heavy (non-hydrogen) atoms. The van der Waals surface area contributed by atoms with E-state index in [0.717, 1.165) is 17.1 Å². The Morgan fingerprint density at radius 2 is 0.603 bits per heavy atom. The van der Waals surface area contributed by atoms with E-state index in [-0.39, 0.29) is 5.41 Å². The van der Waals surface area contributed by atoms with Crippen LogP contribution in [0.5, 0.6) is 0 Å². The zero-order valence-electron chi connectivity index (χ0n) is 32.7. The van der Waals surface area contributed by atoms with E-state index >= 15 is 0 Å². The molecular formula is C57H41N. The van der Waals surface area contributed by atoms with Gasteiger partial charge >= 0.3 is 0 Å². The first-order valence-electron chi connectivity index (χ1n) is 20.3. The summed E-state index contributed by atoms with van der Waals surface area (Å²) < 4.78 is 0. The second-order valence-electron chi connectivity index (χ2n) is 16.1. The smallest absolute Gasteiger partial charge is 0.0468 e. The lowest BCUT2D eigenvalue weighted by Gasteiger charge is -2.30. The van der Waals surface area contributed by atoms with Crippen molar-refractivity contribution < 1.29 is 0 Å². The van der Waals surface area contributed by atoms with Crippen LogP contribution >= 0.6 is 0 Å². The van der Waals surface area contributed by atoms with Gasteiger partial charge in [-0.05, 0) is 125 Å². The normalized spacial score (nSPS) is 12.8. The first-order chi connectivity index (χ1) is 28.5. The molecule has 0 atom stereocenters. The number of anilines is 3. The van der Waals surface area contributed by atoms with Gasteiger partial charge in [0.2, 0.25) is 0 Å². The van der Waals surface area contributed by atoms with Crippen molar-refractivity contribution in [3.63, 3.8) is 0 Å². The number of hydrogen-bond acceptors (Lipinski definition) is 1. The number of benzene rings is 9. The van der Waals surface area contributed by atoms with Crippen LogP contribution in [0.4, 0.5) is 17.1 Å². The van der Waals surface area contributed by atoms with Crippen LogP contribution in [0.1, 0.15) is 25.0 Å². The summed E-state index contributed by atoms with van der Waals surface area (Å²) in [6.45, 7) is 4.72. The molecule has 0 aromatic heterocycles. The zero-order valence-corrected chi connectivity index (χ0v) is 32.7. The fourth-order valence-electron chi connectivity index (χ4n) is 9.55. The van der Waals surface area contributed by atoms with Crippen LogP contribution < -0.4 is 4.90 Å². The molecule has 0 aliphatic heterocycles. The van der Waals surface area contributed by atoms with E-state index in [1.54, 1.807) is 0 Å². The van der Waals surface area contributed by atoms with Crippen molar-refractivity contribution in [3.05, 3.63) is 223 Å². The molecule has 11 rings (SSSR count). The third kappa shape index (κ3) is 5.46. The van der Waals surface area contributed by atoms with Gasteiger partial charge in [0.1, 0.15) is 0 Å². The highest BCUT2D eigenvalue weighted by Crippen LogP contribution is 2.52. The lowest BCUT2D eigenvalue weighted by Crippen LogP contribution is -2.16. The summed E-state index contributed by atoms with van der Waals surface area (Å²) in [6, 6.07) is 78.3. The second-order valence-corrected chi connectivity index (χ2v) is 16.1. The molecule has 0 unspecified atom stereocenters. The van der Waals surface area contributed by atoms with Crippen LogP contribution in [-0.4, -0.2) is 0 Å². The molecule has 0 radical (unpaired) electrons. The first kappa shape index (κ1) is 34.1. The standard InChI is InChI=1S/C57H41N/c1-57(2)55-23-13-12-22-52(55)53-35-33-44(37-56(53)57)58(42-30-28-41(29-31-42)40-26-24-39(25-27-40)38-14-4-3-5-15-38)43-32-34-51-49-20-9-8-18-47(49)45-16-6-7-17-46(45)48-19-10-11-21-50(48)54(51)36-43/h3-37H,1-2H3. The third-order valence-electron chi connectivity index (χ3n) is 12.5. The van der Waals surface area contributed by atoms with Crippen molar-refractivity contribution in [2.24, 2.45) is 0 Å². The molecule has 1 heteroatoms. The van der Waals surface area contributed by atoms with Crippen LogP contribution in [0.25, 0.3) is 77.9 Å². The van der Waals surface area contributed by atoms with Gasteiger partial charge in [0.25, 0.3) is 0 Å². The molecule has 2 aliphatic carbocycles. The van der Waals surface area contributed by atoms with Crippen LogP contribution in [0.15, 0.2) is 212 Å². The van der Waals surface area contributed by atoms with Gasteiger partial charge < -0.3 is 4.90 Å². The Balaban J connectivity index is 1.08. The maximum Gasteiger partial charge on any atom is 0.0468 e. The van der Waals surface area contributed by atoms with Gasteiger partial charge in [-0.2, -0.15) is 0 Å². The highest BCUT2D eigenvalue weighted by molar-refractivity contribution is 6.04. The summed E-state index contributed by atoms with van der Waals surface area (Å²) in [6.07, 6.45) is 0. The van der Waals surface area contributed by atoms with Gasteiger partial charge in [-0.3, -0.25) is 0 Å². The highest BCUT2D eigenvalue weighted by atomic mass is 15.1. The Morgan fingerprint density at radius 3 is 1.14 bits per heavy atom. The minimum absolute atomic E-state index is 0.120. The summed E-state index contributed by atoms with van der Waals surface area (Å²) >= 11 is 0. The average Bonchev–Trinajstić information content (AvgIpc) is 3.52. The fraction of sp³-hybridized carbons (Fsp3) is 0.0526. The maximum atomic E-state index is 2.45. The third-order valence-corrected chi connectivity index (χ3v) is 12.5. The van der Waals surface area contributed by atoms with Gasteiger partial charge in [-0.1, -0.05) is 190 Å². The topological polar surface area (TPSA) is 3.24 Å². The van der Waals surface area contributed by atoms with Crippen molar-refractivity contribution in [1.29, 1.82) is 0 Å². The number of fused-ring (bicyclic) bond motifs is 11. The van der Waals surface area contributed by atoms with E-state index in [0.29, 0.717) is 0 Å². The van der Waals surface area contributed by atoms with Crippen molar-refractivity contribution in [3.8, 4) is 77.9 Å². The van der Waals surface area contributed by atoms with E-state index in [1.165, 1.54) is 89.0 Å². The quantitative estimate of drug-likeness (QED) is 0.170. The second kappa shape index (κ2) is 13.5. The molecule has 0 fully saturated rings. The van der Waals surface area contributed by atoms with E-state index in [4.69, 9.17) is 0 Å². The minimum atomic E-state index is -0.120. The molecule has 0 amide bonds. The summed E-state index contributed by atoms with van der Waals surface area (Å²) in [5.74, 6) is 0. The van der Waals surface area contributed by atoms with Crippen LogP contribution in [0, 0.1) is 0 Å². The number of hydrogen-bond donors (Lipinski definition) is 0. The Bertz CT molecular complexity index is 3000. The van der Waals surface area contributed by atoms with E-state index in [2.05, 4.69) is 231 Å². The molecule has 0 bridgehead atoms. The molecule has 0 N–H and O–H groups in total. The minimum Gasteiger partial charge on any atom is -0.310 e. The SMILES string of the molecule is CC1(C)c2ccccc2-c2ccc(N(c3ccc(-c4ccc(-c5ccccc5)cc4)cc3)c3ccc4c(c3)-c3ccccc3-c3ccccc3-c3ccccc3-4)cc21. The van der Waals surface area contributed by atoms with E-state index in [9.17, 15) is 0 Å². The van der Waals surface area contributed by atoms with Crippen molar-refractivity contribution >= 4 is 17.1 Å². The monoisotopic (exact) mass is 739 g/mol. The molecule has 9 aromatic carbocycles. The highest BCUT2D eigenvalue weighted by Gasteiger charge is 2.36. The Hall–Kier alpha value is -7.22. The Labute approximate surface area is 341 Å². The molecule has 9 aromatic rings. The molecule has 0 heterocycles. The predicted molar refractivity (Wildman–Crippen MR) is 245 cm³/mol. The average molecular weight is 740 g/mol. The summed E-state index contributed by atoms with van der Waals surface area (Å²) in [5.41, 5.74) is 23.5. The Morgan fingerprint density at radius 1 is 0.259 bits per heavy atom. The summed E-state index contributed by atoms with van der Waals surface area (Å²) in [7, 11) is 0. The first-order valence-corrected chi connectivity index (χ1v) is 20.3. The number of rotatable bonds is 5. The van der Waals surface area contributed by atoms with E-state index in [1.807, 2.05) is 0 Å². The predicted octanol–water partition coefficient (Wildman–Crippen LogP) is 15.8. The molecule has 0 spiro atoms. The molecular weight excluding hydrogens is 699 g/mol. The molecule has 274 valence electrons. The zero-order chi connectivity index (χ0) is 38.8. The summed E-state index contributed by atoms with van der Waals surface area (Å²) in [5, 5.41) is 0. The largest absolute Gasteiger partial charge is 0.310 e. The van der Waals surface area contributed by atoms with Gasteiger partial charge in [-0.15, -0.1) is 0 Å². The van der Waals surface area contributed by atoms with Crippen LogP contribution in [-0.2, 0) is 5.41 Å². The van der Waals surface area contributed by atoms with Gasteiger partial charge in [-0.25, -0.2) is 0 Å². The Kier molecular flexibility index (Phi) is 7.91. The van der Waals surface area contributed by atoms with Crippen molar-refractivity contribution in [1.82, 2.24) is 0 Å². The molecule has 2 aliphatic rings. The summed E-state index contributed by atoms with van der Waals surface area (Å²) in [4.78, 5) is 2.45. The van der Waals surface area contributed by atoms with Gasteiger partial charge in [0.05, 0.1) is 0 Å². The molecule has 1 nitrogen and oxygen atoms in total. The van der Waals surface area contributed by atoms with E-state index < -0.39 is 0 Å². The van der Waals surface area contributed by atoms with Crippen molar-refractivity contribution in [2.75, 3.05) is 4.90 Å². The van der Waals surface area contributed by atoms with Gasteiger partial charge in [0.15, 0.2) is 0 Å². The van der Waals surface area contributed by atoms with Crippen molar-refractivity contribution in [2.45, 2.75) is 19.3 Å². The lowest BCUT2D eigenvalue weighted by molar-refractivity contribution is 0.660. The number of nitrogens with zero attached hydrogens (tertiary/aromatic N) is 1. The van der Waals surface area contributed by atoms with Crippen LogP contribution in [0.2, 0.25) is 0 Å². The molecule has 0 saturated carbocycles. The van der Waals surface area contributed by atoms with Gasteiger partial charge in [0, 0.05) is 22.5 Å². The maximum absolute atomic E-state index is 2.45. The van der Waals surface area contributed by atoms with Crippen LogP contribution in [0.3, 0.4) is 0 Å².